The highest BCUT2D eigenvalue weighted by Gasteiger charge is 2.27. The Morgan fingerprint density at radius 2 is 1.91 bits per heavy atom. The van der Waals surface area contributed by atoms with E-state index in [0.717, 1.165) is 51.7 Å². The molecule has 0 radical (unpaired) electrons. The van der Waals surface area contributed by atoms with Crippen LogP contribution < -0.4 is 10.1 Å². The van der Waals surface area contributed by atoms with Crippen molar-refractivity contribution in [1.82, 2.24) is 14.5 Å². The molecule has 1 N–H and O–H groups in total. The van der Waals surface area contributed by atoms with Crippen molar-refractivity contribution in [2.45, 2.75) is 43.5 Å². The van der Waals surface area contributed by atoms with Gasteiger partial charge < -0.3 is 10.1 Å². The summed E-state index contributed by atoms with van der Waals surface area (Å²) in [6.45, 7) is 4.17. The van der Waals surface area contributed by atoms with E-state index in [1.165, 1.54) is 29.7 Å². The SMILES string of the molecule is COc1ccc(S(=O)(=O)N2CCCCCC2)cc1C(=O)NCCN1CCc2sccc2C1. The number of sulfonamides is 1. The van der Waals surface area contributed by atoms with Gasteiger partial charge in [-0.1, -0.05) is 12.8 Å². The lowest BCUT2D eigenvalue weighted by Crippen LogP contribution is -2.37. The first kappa shape index (κ1) is 23.2. The molecular weight excluding hydrogens is 446 g/mol. The van der Waals surface area contributed by atoms with Gasteiger partial charge in [-0.3, -0.25) is 9.69 Å². The summed E-state index contributed by atoms with van der Waals surface area (Å²) in [4.78, 5) is 16.8. The molecule has 0 unspecified atom stereocenters. The fraction of sp³-hybridized carbons (Fsp3) is 0.522. The molecule has 0 saturated carbocycles. The molecule has 2 aromatic rings. The second-order valence-corrected chi connectivity index (χ2v) is 11.3. The molecule has 0 aliphatic carbocycles. The Kier molecular flexibility index (Phi) is 7.50. The monoisotopic (exact) mass is 477 g/mol. The van der Waals surface area contributed by atoms with Crippen molar-refractivity contribution < 1.29 is 17.9 Å². The van der Waals surface area contributed by atoms with Gasteiger partial charge >= 0.3 is 0 Å². The minimum absolute atomic E-state index is 0.145. The Morgan fingerprint density at radius 3 is 2.66 bits per heavy atom. The standard InChI is InChI=1S/C23H31N3O4S2/c1-30-21-7-6-19(32(28,29)26-11-4-2-3-5-12-26)16-20(21)23(27)24-10-14-25-13-8-22-18(17-25)9-15-31-22/h6-7,9,15-16H,2-5,8,10-14,17H2,1H3,(H,24,27). The zero-order valence-corrected chi connectivity index (χ0v) is 20.1. The van der Waals surface area contributed by atoms with Crippen LogP contribution >= 0.6 is 11.3 Å². The Balaban J connectivity index is 1.42. The van der Waals surface area contributed by atoms with E-state index in [4.69, 9.17) is 4.74 Å². The molecule has 7 nitrogen and oxygen atoms in total. The number of hydrogen-bond acceptors (Lipinski definition) is 6. The number of hydrogen-bond donors (Lipinski definition) is 1. The largest absolute Gasteiger partial charge is 0.496 e. The number of ether oxygens (including phenoxy) is 1. The lowest BCUT2D eigenvalue weighted by atomic mass is 10.1. The van der Waals surface area contributed by atoms with Crippen molar-refractivity contribution in [3.63, 3.8) is 0 Å². The van der Waals surface area contributed by atoms with Crippen molar-refractivity contribution in [1.29, 1.82) is 0 Å². The molecule has 1 amide bonds. The van der Waals surface area contributed by atoms with Crippen LogP contribution in [0.3, 0.4) is 0 Å². The Bertz CT molecular complexity index is 1040. The highest BCUT2D eigenvalue weighted by Crippen LogP contribution is 2.26. The van der Waals surface area contributed by atoms with E-state index in [-0.39, 0.29) is 16.4 Å². The lowest BCUT2D eigenvalue weighted by molar-refractivity contribution is 0.0944. The molecule has 1 saturated heterocycles. The lowest BCUT2D eigenvalue weighted by Gasteiger charge is -2.26. The van der Waals surface area contributed by atoms with Crippen molar-refractivity contribution >= 4 is 27.3 Å². The molecule has 0 spiro atoms. The number of rotatable bonds is 7. The number of amides is 1. The van der Waals surface area contributed by atoms with E-state index >= 15 is 0 Å². The Hall–Kier alpha value is -1.94. The van der Waals surface area contributed by atoms with E-state index in [9.17, 15) is 13.2 Å². The molecule has 1 aromatic heterocycles. The highest BCUT2D eigenvalue weighted by atomic mass is 32.2. The molecule has 1 aromatic carbocycles. The topological polar surface area (TPSA) is 79.0 Å². The second-order valence-electron chi connectivity index (χ2n) is 8.33. The fourth-order valence-corrected chi connectivity index (χ4v) is 6.81. The quantitative estimate of drug-likeness (QED) is 0.663. The first-order chi connectivity index (χ1) is 15.5. The summed E-state index contributed by atoms with van der Waals surface area (Å²) >= 11 is 1.81. The fourth-order valence-electron chi connectivity index (χ4n) is 4.38. The number of fused-ring (bicyclic) bond motifs is 1. The summed E-state index contributed by atoms with van der Waals surface area (Å²) in [5.74, 6) is 0.0567. The van der Waals surface area contributed by atoms with Crippen LogP contribution in [-0.4, -0.2) is 63.4 Å². The zero-order chi connectivity index (χ0) is 22.6. The van der Waals surface area contributed by atoms with E-state index in [1.807, 2.05) is 11.3 Å². The van der Waals surface area contributed by atoms with Gasteiger partial charge in [-0.2, -0.15) is 4.31 Å². The smallest absolute Gasteiger partial charge is 0.255 e. The van der Waals surface area contributed by atoms with E-state index < -0.39 is 10.0 Å². The number of nitrogens with one attached hydrogen (secondary N) is 1. The number of methoxy groups -OCH3 is 1. The first-order valence-electron chi connectivity index (χ1n) is 11.2. The third-order valence-corrected chi connectivity index (χ3v) is 9.14. The zero-order valence-electron chi connectivity index (χ0n) is 18.5. The summed E-state index contributed by atoms with van der Waals surface area (Å²) in [6, 6.07) is 6.73. The first-order valence-corrected chi connectivity index (χ1v) is 13.5. The molecule has 0 atom stereocenters. The predicted octanol–water partition coefficient (Wildman–Crippen LogP) is 3.11. The Labute approximate surface area is 194 Å². The van der Waals surface area contributed by atoms with Crippen LogP contribution in [0.2, 0.25) is 0 Å². The van der Waals surface area contributed by atoms with Crippen molar-refractivity contribution in [2.75, 3.05) is 39.8 Å². The van der Waals surface area contributed by atoms with Gasteiger partial charge in [-0.25, -0.2) is 8.42 Å². The second kappa shape index (κ2) is 10.3. The summed E-state index contributed by atoms with van der Waals surface area (Å²) in [5.41, 5.74) is 1.63. The number of carbonyl (C=O) groups excluding carboxylic acids is 1. The van der Waals surface area contributed by atoms with E-state index in [2.05, 4.69) is 21.7 Å². The van der Waals surface area contributed by atoms with Crippen molar-refractivity contribution in [2.24, 2.45) is 0 Å². The van der Waals surface area contributed by atoms with Crippen LogP contribution in [0.4, 0.5) is 0 Å². The molecular formula is C23H31N3O4S2. The maximum atomic E-state index is 13.2. The third-order valence-electron chi connectivity index (χ3n) is 6.22. The van der Waals surface area contributed by atoms with Gasteiger partial charge in [0.25, 0.3) is 5.91 Å². The Morgan fingerprint density at radius 1 is 1.12 bits per heavy atom. The van der Waals surface area contributed by atoms with Gasteiger partial charge in [-0.05, 0) is 54.5 Å². The van der Waals surface area contributed by atoms with Gasteiger partial charge in [0.15, 0.2) is 0 Å². The van der Waals surface area contributed by atoms with E-state index in [0.29, 0.717) is 25.4 Å². The van der Waals surface area contributed by atoms with Gasteiger partial charge in [0.2, 0.25) is 10.0 Å². The van der Waals surface area contributed by atoms with Crippen molar-refractivity contribution in [3.05, 3.63) is 45.6 Å². The average molecular weight is 478 g/mol. The summed E-state index contributed by atoms with van der Waals surface area (Å²) < 4.78 is 33.2. The molecule has 32 heavy (non-hydrogen) atoms. The summed E-state index contributed by atoms with van der Waals surface area (Å²) in [6.07, 6.45) is 4.88. The number of thiophene rings is 1. The molecule has 3 heterocycles. The summed E-state index contributed by atoms with van der Waals surface area (Å²) in [5, 5.41) is 5.07. The maximum absolute atomic E-state index is 13.2. The van der Waals surface area contributed by atoms with Crippen LogP contribution in [0.15, 0.2) is 34.5 Å². The molecule has 1 fully saturated rings. The van der Waals surface area contributed by atoms with Gasteiger partial charge in [0.1, 0.15) is 5.75 Å². The van der Waals surface area contributed by atoms with E-state index in [1.54, 1.807) is 10.4 Å². The molecule has 174 valence electrons. The van der Waals surface area contributed by atoms with Crippen LogP contribution in [0, 0.1) is 0 Å². The third kappa shape index (κ3) is 5.17. The minimum atomic E-state index is -3.64. The van der Waals surface area contributed by atoms with Gasteiger partial charge in [-0.15, -0.1) is 11.3 Å². The van der Waals surface area contributed by atoms with Gasteiger partial charge in [0.05, 0.1) is 17.6 Å². The molecule has 2 aliphatic heterocycles. The van der Waals surface area contributed by atoms with Crippen molar-refractivity contribution in [3.8, 4) is 5.75 Å². The number of nitrogens with zero attached hydrogens (tertiary/aromatic N) is 2. The minimum Gasteiger partial charge on any atom is -0.496 e. The van der Waals surface area contributed by atoms with Crippen LogP contribution in [0.1, 0.15) is 46.5 Å². The highest BCUT2D eigenvalue weighted by molar-refractivity contribution is 7.89. The normalized spacial score (nSPS) is 18.0. The molecule has 2 aliphatic rings. The average Bonchev–Trinajstić information content (AvgIpc) is 3.09. The van der Waals surface area contributed by atoms with Crippen LogP contribution in [-0.2, 0) is 23.0 Å². The maximum Gasteiger partial charge on any atom is 0.255 e. The van der Waals surface area contributed by atoms with Crippen LogP contribution in [0.25, 0.3) is 0 Å². The van der Waals surface area contributed by atoms with Crippen LogP contribution in [0.5, 0.6) is 5.75 Å². The number of benzene rings is 1. The number of carbonyl (C=O) groups is 1. The van der Waals surface area contributed by atoms with Gasteiger partial charge in [0, 0.05) is 44.1 Å². The summed E-state index contributed by atoms with van der Waals surface area (Å²) in [7, 11) is -2.15. The molecule has 4 rings (SSSR count). The molecule has 9 heteroatoms. The molecule has 0 bridgehead atoms. The predicted molar refractivity (Wildman–Crippen MR) is 126 cm³/mol.